The van der Waals surface area contributed by atoms with Crippen molar-refractivity contribution in [2.45, 2.75) is 26.2 Å². The zero-order valence-electron chi connectivity index (χ0n) is 21.6. The first-order chi connectivity index (χ1) is 18.8. The van der Waals surface area contributed by atoms with Crippen LogP contribution in [0.25, 0.3) is 11.5 Å². The normalized spacial score (nSPS) is 11.6. The molecule has 8 nitrogen and oxygen atoms in total. The lowest BCUT2D eigenvalue weighted by Gasteiger charge is -2.15. The van der Waals surface area contributed by atoms with E-state index >= 15 is 0 Å². The number of hydrogen-bond acceptors (Lipinski definition) is 7. The molecule has 4 aromatic rings. The molecule has 0 saturated carbocycles. The number of rotatable bonds is 12. The molecule has 1 N–H and O–H groups in total. The molecule has 0 aliphatic rings. The van der Waals surface area contributed by atoms with Crippen molar-refractivity contribution in [2.24, 2.45) is 5.92 Å². The lowest BCUT2D eigenvalue weighted by atomic mass is 9.96. The second-order valence-corrected chi connectivity index (χ2v) is 9.25. The van der Waals surface area contributed by atoms with Gasteiger partial charge in [0.2, 0.25) is 5.89 Å². The number of hydrogen-bond donors (Lipinski definition) is 1. The van der Waals surface area contributed by atoms with Crippen molar-refractivity contribution in [3.8, 4) is 28.7 Å². The number of carboxylic acid groups (broad SMARTS) is 1. The quantitative estimate of drug-likeness (QED) is 0.165. The molecule has 0 aliphatic carbocycles. The molecule has 0 saturated heterocycles. The molecule has 1 atom stereocenters. The van der Waals surface area contributed by atoms with Crippen molar-refractivity contribution in [3.63, 3.8) is 0 Å². The summed E-state index contributed by atoms with van der Waals surface area (Å²) >= 11 is 6.25. The van der Waals surface area contributed by atoms with Gasteiger partial charge in [-0.2, -0.15) is 0 Å². The molecule has 0 fully saturated rings. The van der Waals surface area contributed by atoms with Gasteiger partial charge in [-0.3, -0.25) is 9.59 Å². The Balaban J connectivity index is 1.32. The maximum Gasteiger partial charge on any atom is 0.315 e. The van der Waals surface area contributed by atoms with Gasteiger partial charge < -0.3 is 23.7 Å². The highest BCUT2D eigenvalue weighted by atomic mass is 35.5. The summed E-state index contributed by atoms with van der Waals surface area (Å²) in [4.78, 5) is 28.7. The van der Waals surface area contributed by atoms with E-state index in [1.54, 1.807) is 42.5 Å². The average molecular weight is 550 g/mol. The molecular weight excluding hydrogens is 522 g/mol. The van der Waals surface area contributed by atoms with Crippen LogP contribution < -0.4 is 14.2 Å². The van der Waals surface area contributed by atoms with Gasteiger partial charge in [-0.15, -0.1) is 0 Å². The number of methoxy groups -OCH3 is 1. The van der Waals surface area contributed by atoms with Crippen molar-refractivity contribution in [3.05, 3.63) is 94.8 Å². The van der Waals surface area contributed by atoms with Gasteiger partial charge in [0.1, 0.15) is 23.0 Å². The second kappa shape index (κ2) is 13.0. The van der Waals surface area contributed by atoms with E-state index in [1.807, 2.05) is 37.3 Å². The van der Waals surface area contributed by atoms with Gasteiger partial charge in [-0.05, 0) is 67.4 Å². The molecule has 9 heteroatoms. The number of esters is 1. The van der Waals surface area contributed by atoms with E-state index in [2.05, 4.69) is 4.98 Å². The van der Waals surface area contributed by atoms with Gasteiger partial charge in [0, 0.05) is 6.42 Å². The maximum atomic E-state index is 12.7. The fraction of sp³-hybridized carbons (Fsp3) is 0.233. The van der Waals surface area contributed by atoms with Gasteiger partial charge >= 0.3 is 11.9 Å². The third kappa shape index (κ3) is 7.61. The fourth-order valence-electron chi connectivity index (χ4n) is 3.97. The Morgan fingerprint density at radius 3 is 2.31 bits per heavy atom. The van der Waals surface area contributed by atoms with Crippen LogP contribution in [0.1, 0.15) is 23.4 Å². The number of benzene rings is 3. The van der Waals surface area contributed by atoms with Crippen LogP contribution in [-0.4, -0.2) is 35.7 Å². The molecule has 0 spiro atoms. The number of carbonyl (C=O) groups excluding carboxylic acids is 1. The summed E-state index contributed by atoms with van der Waals surface area (Å²) in [6.45, 7) is 2.23. The molecule has 4 rings (SSSR count). The van der Waals surface area contributed by atoms with Crippen molar-refractivity contribution in [1.29, 1.82) is 0 Å². The first-order valence-electron chi connectivity index (χ1n) is 12.3. The van der Waals surface area contributed by atoms with Crippen LogP contribution >= 0.6 is 11.6 Å². The number of halogens is 1. The summed E-state index contributed by atoms with van der Waals surface area (Å²) in [7, 11) is 1.54. The molecule has 39 heavy (non-hydrogen) atoms. The molecular formula is C30H28ClNO7. The first kappa shape index (κ1) is 27.7. The van der Waals surface area contributed by atoms with Crippen LogP contribution in [0.4, 0.5) is 0 Å². The van der Waals surface area contributed by atoms with E-state index in [1.165, 1.54) is 7.11 Å². The van der Waals surface area contributed by atoms with Crippen LogP contribution in [-0.2, 0) is 22.4 Å². The second-order valence-electron chi connectivity index (χ2n) is 8.84. The summed E-state index contributed by atoms with van der Waals surface area (Å²) in [5, 5.41) is 9.89. The molecule has 0 bridgehead atoms. The van der Waals surface area contributed by atoms with E-state index in [9.17, 15) is 14.7 Å². The average Bonchev–Trinajstić information content (AvgIpc) is 3.29. The Morgan fingerprint density at radius 2 is 1.64 bits per heavy atom. The Hall–Kier alpha value is -4.30. The van der Waals surface area contributed by atoms with E-state index in [-0.39, 0.29) is 12.8 Å². The van der Waals surface area contributed by atoms with Crippen LogP contribution in [0.5, 0.6) is 17.2 Å². The minimum Gasteiger partial charge on any atom is -0.497 e. The summed E-state index contributed by atoms with van der Waals surface area (Å²) < 4.78 is 22.2. The van der Waals surface area contributed by atoms with Gasteiger partial charge in [-0.1, -0.05) is 35.9 Å². The van der Waals surface area contributed by atoms with Gasteiger partial charge in [-0.25, -0.2) is 4.98 Å². The highest BCUT2D eigenvalue weighted by Crippen LogP contribution is 2.29. The van der Waals surface area contributed by atoms with Crippen molar-refractivity contribution in [1.82, 2.24) is 4.98 Å². The number of oxazole rings is 1. The summed E-state index contributed by atoms with van der Waals surface area (Å²) in [6, 6.07) is 21.1. The summed E-state index contributed by atoms with van der Waals surface area (Å²) in [6.07, 6.45) is 0.407. The predicted molar refractivity (Wildman–Crippen MR) is 145 cm³/mol. The topological polar surface area (TPSA) is 108 Å². The van der Waals surface area contributed by atoms with Crippen LogP contribution in [0.15, 0.2) is 77.2 Å². The molecule has 0 radical (unpaired) electrons. The summed E-state index contributed by atoms with van der Waals surface area (Å²) in [5.41, 5.74) is 2.31. The third-order valence-corrected chi connectivity index (χ3v) is 6.37. The number of aliphatic carboxylic acids is 1. The Labute approximate surface area is 231 Å². The Bertz CT molecular complexity index is 1410. The van der Waals surface area contributed by atoms with Crippen molar-refractivity contribution >= 4 is 23.5 Å². The minimum absolute atomic E-state index is 0.213. The molecule has 0 aliphatic heterocycles. The van der Waals surface area contributed by atoms with Gasteiger partial charge in [0.25, 0.3) is 0 Å². The van der Waals surface area contributed by atoms with Crippen LogP contribution in [0.2, 0.25) is 5.02 Å². The highest BCUT2D eigenvalue weighted by Gasteiger charge is 2.24. The number of nitrogens with zero attached hydrogens (tertiary/aromatic N) is 1. The zero-order chi connectivity index (χ0) is 27.8. The highest BCUT2D eigenvalue weighted by molar-refractivity contribution is 6.33. The maximum absolute atomic E-state index is 12.7. The molecule has 1 heterocycles. The van der Waals surface area contributed by atoms with Gasteiger partial charge in [0.05, 0.1) is 42.3 Å². The smallest absolute Gasteiger partial charge is 0.315 e. The van der Waals surface area contributed by atoms with Crippen LogP contribution in [0.3, 0.4) is 0 Å². The monoisotopic (exact) mass is 549 g/mol. The zero-order valence-corrected chi connectivity index (χ0v) is 22.3. The van der Waals surface area contributed by atoms with Crippen molar-refractivity contribution in [2.75, 3.05) is 13.7 Å². The first-order valence-corrected chi connectivity index (χ1v) is 12.7. The molecule has 3 aromatic carbocycles. The number of aryl methyl sites for hydroxylation is 1. The fourth-order valence-corrected chi connectivity index (χ4v) is 4.19. The number of carboxylic acids is 1. The molecule has 0 amide bonds. The van der Waals surface area contributed by atoms with E-state index in [0.717, 1.165) is 16.8 Å². The number of ether oxygens (including phenoxy) is 3. The van der Waals surface area contributed by atoms with Crippen LogP contribution in [0, 0.1) is 12.8 Å². The molecule has 202 valence electrons. The largest absolute Gasteiger partial charge is 0.497 e. The Kier molecular flexibility index (Phi) is 9.22. The lowest BCUT2D eigenvalue weighted by Crippen LogP contribution is -2.25. The molecule has 1 aromatic heterocycles. The summed E-state index contributed by atoms with van der Waals surface area (Å²) in [5.74, 6) is 0.224. The van der Waals surface area contributed by atoms with E-state index in [4.69, 9.17) is 30.2 Å². The standard InChI is InChI=1S/C30H28ClNO7/c1-19-27(32-29(38-19)25-5-3-4-6-26(25)31)15-16-37-23-9-7-20(8-10-23)17-21(18-28(33)34)30(35)39-24-13-11-22(36-2)12-14-24/h3-14,21H,15-18H2,1-2H3,(H,33,34). The number of aromatic nitrogens is 1. The van der Waals surface area contributed by atoms with E-state index < -0.39 is 17.9 Å². The SMILES string of the molecule is COc1ccc(OC(=O)C(CC(=O)O)Cc2ccc(OCCc3nc(-c4ccccc4Cl)oc3C)cc2)cc1. The molecule has 1 unspecified atom stereocenters. The predicted octanol–water partition coefficient (Wildman–Crippen LogP) is 6.17. The van der Waals surface area contributed by atoms with Gasteiger partial charge in [0.15, 0.2) is 0 Å². The number of carbonyl (C=O) groups is 2. The lowest BCUT2D eigenvalue weighted by molar-refractivity contribution is -0.146. The Morgan fingerprint density at radius 1 is 0.974 bits per heavy atom. The minimum atomic E-state index is -1.08. The van der Waals surface area contributed by atoms with E-state index in [0.29, 0.717) is 46.9 Å². The third-order valence-electron chi connectivity index (χ3n) is 6.04. The van der Waals surface area contributed by atoms with Crippen molar-refractivity contribution < 1.29 is 33.3 Å².